The second-order valence-electron chi connectivity index (χ2n) is 7.94. The molecule has 0 unspecified atom stereocenters. The summed E-state index contributed by atoms with van der Waals surface area (Å²) in [6, 6.07) is 5.86. The van der Waals surface area contributed by atoms with Gasteiger partial charge in [0.1, 0.15) is 11.5 Å². The van der Waals surface area contributed by atoms with E-state index in [1.807, 2.05) is 18.2 Å². The van der Waals surface area contributed by atoms with Crippen LogP contribution in [0.5, 0.6) is 11.5 Å². The number of primary amides is 1. The Morgan fingerprint density at radius 1 is 1.23 bits per heavy atom. The number of carbonyl (C=O) groups excluding carboxylic acids is 1. The molecule has 1 aliphatic carbocycles. The fourth-order valence-electron chi connectivity index (χ4n) is 4.01. The van der Waals surface area contributed by atoms with Gasteiger partial charge in [0, 0.05) is 37.3 Å². The number of likely N-dealkylation sites (tertiary alicyclic amines) is 1. The van der Waals surface area contributed by atoms with Gasteiger partial charge >= 0.3 is 6.03 Å². The lowest BCUT2D eigenvalue weighted by atomic mass is 10.1. The standard InChI is InChI=1S/C22H35N5O3.HI/c1-3-24-22(26-17-10-12-27(13-11-17)21(23)28)25-15-16-8-9-19(29-2)14-20(16)30-18-6-4-5-7-18;/h8-9,14,17-18H,3-7,10-13,15H2,1-2H3,(H2,23,28)(H2,24,25,26);1H. The fourth-order valence-corrected chi connectivity index (χ4v) is 4.01. The molecule has 1 saturated heterocycles. The lowest BCUT2D eigenvalue weighted by molar-refractivity contribution is 0.188. The monoisotopic (exact) mass is 545 g/mol. The molecule has 3 rings (SSSR count). The zero-order valence-corrected chi connectivity index (χ0v) is 20.9. The Labute approximate surface area is 202 Å². The van der Waals surface area contributed by atoms with Crippen LogP contribution in [0.4, 0.5) is 4.79 Å². The summed E-state index contributed by atoms with van der Waals surface area (Å²) < 4.78 is 11.7. The average molecular weight is 545 g/mol. The second-order valence-corrected chi connectivity index (χ2v) is 7.94. The maximum atomic E-state index is 11.3. The van der Waals surface area contributed by atoms with E-state index >= 15 is 0 Å². The highest BCUT2D eigenvalue weighted by Gasteiger charge is 2.22. The number of rotatable bonds is 7. The van der Waals surface area contributed by atoms with Gasteiger partial charge in [-0.2, -0.15) is 0 Å². The van der Waals surface area contributed by atoms with Crippen molar-refractivity contribution in [3.8, 4) is 11.5 Å². The number of halogens is 1. The molecule has 8 nitrogen and oxygen atoms in total. The lowest BCUT2D eigenvalue weighted by Gasteiger charge is -2.32. The summed E-state index contributed by atoms with van der Waals surface area (Å²) in [6.07, 6.45) is 6.65. The van der Waals surface area contributed by atoms with E-state index in [1.54, 1.807) is 12.0 Å². The summed E-state index contributed by atoms with van der Waals surface area (Å²) >= 11 is 0. The topological polar surface area (TPSA) is 101 Å². The predicted molar refractivity (Wildman–Crippen MR) is 133 cm³/mol. The molecule has 1 aromatic rings. The van der Waals surface area contributed by atoms with Gasteiger partial charge in [-0.25, -0.2) is 9.79 Å². The Bertz CT molecular complexity index is 732. The zero-order chi connectivity index (χ0) is 21.3. The Hall–Kier alpha value is -1.91. The third-order valence-corrected chi connectivity index (χ3v) is 5.77. The Kier molecular flexibility index (Phi) is 10.5. The summed E-state index contributed by atoms with van der Waals surface area (Å²) in [6.45, 7) is 4.69. The largest absolute Gasteiger partial charge is 0.497 e. The summed E-state index contributed by atoms with van der Waals surface area (Å²) in [5, 5.41) is 6.81. The van der Waals surface area contributed by atoms with E-state index in [0.29, 0.717) is 19.6 Å². The van der Waals surface area contributed by atoms with Crippen molar-refractivity contribution >= 4 is 36.0 Å². The third kappa shape index (κ3) is 7.62. The van der Waals surface area contributed by atoms with Crippen LogP contribution < -0.4 is 25.8 Å². The van der Waals surface area contributed by atoms with Crippen LogP contribution >= 0.6 is 24.0 Å². The predicted octanol–water partition coefficient (Wildman–Crippen LogP) is 3.23. The second kappa shape index (κ2) is 12.8. The summed E-state index contributed by atoms with van der Waals surface area (Å²) in [5.74, 6) is 2.43. The highest BCUT2D eigenvalue weighted by Crippen LogP contribution is 2.30. The first-order valence-electron chi connectivity index (χ1n) is 11.0. The first-order chi connectivity index (χ1) is 14.6. The van der Waals surface area contributed by atoms with Crippen molar-refractivity contribution in [2.45, 2.75) is 64.1 Å². The smallest absolute Gasteiger partial charge is 0.314 e. The van der Waals surface area contributed by atoms with Gasteiger partial charge in [-0.3, -0.25) is 0 Å². The molecule has 2 amide bonds. The number of nitrogens with two attached hydrogens (primary N) is 1. The molecule has 2 aliphatic rings. The fraction of sp³-hybridized carbons (Fsp3) is 0.636. The molecule has 0 spiro atoms. The number of piperidine rings is 1. The summed E-state index contributed by atoms with van der Waals surface area (Å²) in [4.78, 5) is 17.8. The van der Waals surface area contributed by atoms with Crippen molar-refractivity contribution < 1.29 is 14.3 Å². The van der Waals surface area contributed by atoms with Gasteiger partial charge in [-0.05, 0) is 57.6 Å². The van der Waals surface area contributed by atoms with Gasteiger partial charge in [-0.15, -0.1) is 24.0 Å². The van der Waals surface area contributed by atoms with Gasteiger partial charge in [0.25, 0.3) is 0 Å². The summed E-state index contributed by atoms with van der Waals surface area (Å²) in [7, 11) is 1.67. The highest BCUT2D eigenvalue weighted by molar-refractivity contribution is 14.0. The average Bonchev–Trinajstić information content (AvgIpc) is 3.26. The Morgan fingerprint density at radius 3 is 2.55 bits per heavy atom. The van der Waals surface area contributed by atoms with Gasteiger partial charge in [0.2, 0.25) is 0 Å². The van der Waals surface area contributed by atoms with Crippen LogP contribution in [0.25, 0.3) is 0 Å². The van der Waals surface area contributed by atoms with Gasteiger partial charge < -0.3 is 30.7 Å². The number of benzene rings is 1. The van der Waals surface area contributed by atoms with Crippen molar-refractivity contribution in [3.05, 3.63) is 23.8 Å². The molecule has 31 heavy (non-hydrogen) atoms. The maximum absolute atomic E-state index is 11.3. The first-order valence-corrected chi connectivity index (χ1v) is 11.0. The minimum Gasteiger partial charge on any atom is -0.497 e. The number of guanidine groups is 1. The van der Waals surface area contributed by atoms with Crippen LogP contribution in [-0.4, -0.2) is 55.8 Å². The SMILES string of the molecule is CCNC(=NCc1ccc(OC)cc1OC1CCCC1)NC1CCN(C(N)=O)CC1.I. The van der Waals surface area contributed by atoms with E-state index in [1.165, 1.54) is 12.8 Å². The Balaban J connectivity index is 0.00000341. The van der Waals surface area contributed by atoms with E-state index in [9.17, 15) is 4.79 Å². The van der Waals surface area contributed by atoms with Crippen LogP contribution in [0.15, 0.2) is 23.2 Å². The number of nitrogens with one attached hydrogen (secondary N) is 2. The van der Waals surface area contributed by atoms with E-state index in [0.717, 1.165) is 55.3 Å². The molecular formula is C22H36IN5O3. The third-order valence-electron chi connectivity index (χ3n) is 5.77. The number of aliphatic imine (C=N–C) groups is 1. The van der Waals surface area contributed by atoms with E-state index < -0.39 is 0 Å². The number of nitrogens with zero attached hydrogens (tertiary/aromatic N) is 2. The normalized spacial score (nSPS) is 17.7. The van der Waals surface area contributed by atoms with E-state index in [4.69, 9.17) is 20.2 Å². The van der Waals surface area contributed by atoms with Crippen molar-refractivity contribution in [2.75, 3.05) is 26.7 Å². The highest BCUT2D eigenvalue weighted by atomic mass is 127. The van der Waals surface area contributed by atoms with E-state index in [-0.39, 0.29) is 42.2 Å². The van der Waals surface area contributed by atoms with Crippen molar-refractivity contribution in [1.29, 1.82) is 0 Å². The van der Waals surface area contributed by atoms with E-state index in [2.05, 4.69) is 17.6 Å². The van der Waals surface area contributed by atoms with Crippen LogP contribution in [0.3, 0.4) is 0 Å². The maximum Gasteiger partial charge on any atom is 0.314 e. The molecule has 4 N–H and O–H groups in total. The number of hydrogen-bond acceptors (Lipinski definition) is 4. The summed E-state index contributed by atoms with van der Waals surface area (Å²) in [5.41, 5.74) is 6.42. The molecule has 9 heteroatoms. The zero-order valence-electron chi connectivity index (χ0n) is 18.6. The number of amides is 2. The molecule has 1 aromatic carbocycles. The molecule has 0 radical (unpaired) electrons. The van der Waals surface area contributed by atoms with Crippen molar-refractivity contribution in [3.63, 3.8) is 0 Å². The van der Waals surface area contributed by atoms with Crippen molar-refractivity contribution in [2.24, 2.45) is 10.7 Å². The molecule has 1 aliphatic heterocycles. The van der Waals surface area contributed by atoms with Crippen molar-refractivity contribution in [1.82, 2.24) is 15.5 Å². The molecule has 0 bridgehead atoms. The van der Waals surface area contributed by atoms with Gasteiger partial charge in [0.05, 0.1) is 19.8 Å². The first kappa shape index (κ1) is 25.4. The van der Waals surface area contributed by atoms with Gasteiger partial charge in [0.15, 0.2) is 5.96 Å². The molecule has 1 heterocycles. The number of ether oxygens (including phenoxy) is 2. The number of urea groups is 1. The Morgan fingerprint density at radius 2 is 1.94 bits per heavy atom. The minimum absolute atomic E-state index is 0. The molecular weight excluding hydrogens is 509 g/mol. The lowest BCUT2D eigenvalue weighted by Crippen LogP contribution is -2.50. The van der Waals surface area contributed by atoms with Crippen LogP contribution in [0.1, 0.15) is 51.0 Å². The quantitative estimate of drug-likeness (QED) is 0.278. The molecule has 1 saturated carbocycles. The van der Waals surface area contributed by atoms with Crippen LogP contribution in [0.2, 0.25) is 0 Å². The molecule has 0 atom stereocenters. The molecule has 2 fully saturated rings. The number of hydrogen-bond donors (Lipinski definition) is 3. The van der Waals surface area contributed by atoms with Crippen LogP contribution in [0, 0.1) is 0 Å². The van der Waals surface area contributed by atoms with Gasteiger partial charge in [-0.1, -0.05) is 0 Å². The molecule has 174 valence electrons. The molecule has 0 aromatic heterocycles. The van der Waals surface area contributed by atoms with Crippen LogP contribution in [-0.2, 0) is 6.54 Å². The number of methoxy groups -OCH3 is 1. The minimum atomic E-state index is -0.344. The number of carbonyl (C=O) groups is 1.